The summed E-state index contributed by atoms with van der Waals surface area (Å²) in [7, 11) is 3.33. The van der Waals surface area contributed by atoms with Gasteiger partial charge in [-0.15, -0.1) is 0 Å². The summed E-state index contributed by atoms with van der Waals surface area (Å²) in [6, 6.07) is 5.87. The first-order chi connectivity index (χ1) is 9.31. The highest BCUT2D eigenvalue weighted by Gasteiger charge is 2.04. The Balaban J connectivity index is 2.28. The van der Waals surface area contributed by atoms with Crippen LogP contribution in [0.25, 0.3) is 0 Å². The van der Waals surface area contributed by atoms with Crippen molar-refractivity contribution in [3.05, 3.63) is 23.8 Å². The standard InChI is InChI=1S/C15H25NO3/c1-4-8-16-9-11-19-10-7-13-5-6-14(17-2)12-15(13)18-3/h5-6,12,16H,4,7-11H2,1-3H3. The van der Waals surface area contributed by atoms with E-state index < -0.39 is 0 Å². The molecule has 0 unspecified atom stereocenters. The molecular formula is C15H25NO3. The van der Waals surface area contributed by atoms with Crippen LogP contribution < -0.4 is 14.8 Å². The second-order valence-corrected chi connectivity index (χ2v) is 4.29. The zero-order valence-electron chi connectivity index (χ0n) is 12.2. The molecular weight excluding hydrogens is 242 g/mol. The molecule has 0 amide bonds. The van der Waals surface area contributed by atoms with Crippen molar-refractivity contribution in [3.8, 4) is 11.5 Å². The van der Waals surface area contributed by atoms with Gasteiger partial charge in [-0.2, -0.15) is 0 Å². The van der Waals surface area contributed by atoms with Gasteiger partial charge in [-0.3, -0.25) is 0 Å². The largest absolute Gasteiger partial charge is 0.497 e. The molecule has 4 nitrogen and oxygen atoms in total. The zero-order valence-corrected chi connectivity index (χ0v) is 12.2. The fourth-order valence-corrected chi connectivity index (χ4v) is 1.79. The van der Waals surface area contributed by atoms with E-state index in [1.54, 1.807) is 14.2 Å². The molecule has 0 saturated heterocycles. The number of rotatable bonds is 10. The number of hydrogen-bond donors (Lipinski definition) is 1. The van der Waals surface area contributed by atoms with Crippen LogP contribution in [0.15, 0.2) is 18.2 Å². The van der Waals surface area contributed by atoms with E-state index in [4.69, 9.17) is 14.2 Å². The molecule has 0 spiro atoms. The van der Waals surface area contributed by atoms with Gasteiger partial charge in [-0.1, -0.05) is 13.0 Å². The lowest BCUT2D eigenvalue weighted by Crippen LogP contribution is -2.20. The maximum absolute atomic E-state index is 5.59. The Labute approximate surface area is 116 Å². The molecule has 4 heteroatoms. The second kappa shape index (κ2) is 9.64. The van der Waals surface area contributed by atoms with Crippen LogP contribution in [-0.4, -0.2) is 40.5 Å². The fraction of sp³-hybridized carbons (Fsp3) is 0.600. The monoisotopic (exact) mass is 267 g/mol. The molecule has 0 aliphatic carbocycles. The SMILES string of the molecule is CCCNCCOCCc1ccc(OC)cc1OC. The smallest absolute Gasteiger partial charge is 0.125 e. The molecule has 108 valence electrons. The van der Waals surface area contributed by atoms with Gasteiger partial charge in [-0.05, 0) is 31.0 Å². The first kappa shape index (κ1) is 15.8. The van der Waals surface area contributed by atoms with Crippen molar-refractivity contribution in [1.29, 1.82) is 0 Å². The Kier molecular flexibility index (Phi) is 8.02. The van der Waals surface area contributed by atoms with Gasteiger partial charge in [0, 0.05) is 12.6 Å². The molecule has 1 aromatic carbocycles. The normalized spacial score (nSPS) is 10.5. The average Bonchev–Trinajstić information content (AvgIpc) is 2.46. The summed E-state index contributed by atoms with van der Waals surface area (Å²) in [5.74, 6) is 1.66. The first-order valence-electron chi connectivity index (χ1n) is 6.81. The maximum atomic E-state index is 5.59. The molecule has 1 rings (SSSR count). The van der Waals surface area contributed by atoms with Gasteiger partial charge in [0.15, 0.2) is 0 Å². The van der Waals surface area contributed by atoms with Crippen LogP contribution in [0.4, 0.5) is 0 Å². The molecule has 1 aromatic rings. The number of ether oxygens (including phenoxy) is 3. The van der Waals surface area contributed by atoms with E-state index in [1.807, 2.05) is 18.2 Å². The first-order valence-corrected chi connectivity index (χ1v) is 6.81. The van der Waals surface area contributed by atoms with Crippen molar-refractivity contribution in [3.63, 3.8) is 0 Å². The van der Waals surface area contributed by atoms with E-state index in [9.17, 15) is 0 Å². The van der Waals surface area contributed by atoms with Crippen molar-refractivity contribution in [2.75, 3.05) is 40.5 Å². The molecule has 0 bridgehead atoms. The van der Waals surface area contributed by atoms with E-state index in [1.165, 1.54) is 0 Å². The van der Waals surface area contributed by atoms with Gasteiger partial charge in [0.25, 0.3) is 0 Å². The lowest BCUT2D eigenvalue weighted by atomic mass is 10.1. The van der Waals surface area contributed by atoms with Gasteiger partial charge in [0.05, 0.1) is 27.4 Å². The van der Waals surface area contributed by atoms with Gasteiger partial charge in [0.1, 0.15) is 11.5 Å². The minimum atomic E-state index is 0.705. The predicted molar refractivity (Wildman–Crippen MR) is 77.2 cm³/mol. The van der Waals surface area contributed by atoms with Crippen LogP contribution >= 0.6 is 0 Å². The third-order valence-electron chi connectivity index (χ3n) is 2.86. The Bertz CT molecular complexity index is 355. The highest BCUT2D eigenvalue weighted by atomic mass is 16.5. The summed E-state index contributed by atoms with van der Waals surface area (Å²) < 4.78 is 16.1. The molecule has 0 aliphatic rings. The quantitative estimate of drug-likeness (QED) is 0.660. The van der Waals surface area contributed by atoms with Crippen molar-refractivity contribution in [1.82, 2.24) is 5.32 Å². The van der Waals surface area contributed by atoms with E-state index in [0.717, 1.165) is 49.6 Å². The Morgan fingerprint density at radius 1 is 1.05 bits per heavy atom. The molecule has 0 saturated carbocycles. The van der Waals surface area contributed by atoms with Gasteiger partial charge in [-0.25, -0.2) is 0 Å². The fourth-order valence-electron chi connectivity index (χ4n) is 1.79. The second-order valence-electron chi connectivity index (χ2n) is 4.29. The van der Waals surface area contributed by atoms with E-state index >= 15 is 0 Å². The van der Waals surface area contributed by atoms with Gasteiger partial charge in [0.2, 0.25) is 0 Å². The van der Waals surface area contributed by atoms with E-state index in [2.05, 4.69) is 12.2 Å². The van der Waals surface area contributed by atoms with Crippen LogP contribution in [0.3, 0.4) is 0 Å². The molecule has 0 aliphatic heterocycles. The van der Waals surface area contributed by atoms with E-state index in [-0.39, 0.29) is 0 Å². The topological polar surface area (TPSA) is 39.7 Å². The number of benzene rings is 1. The van der Waals surface area contributed by atoms with Gasteiger partial charge >= 0.3 is 0 Å². The highest BCUT2D eigenvalue weighted by molar-refractivity contribution is 5.40. The Morgan fingerprint density at radius 3 is 2.58 bits per heavy atom. The lowest BCUT2D eigenvalue weighted by molar-refractivity contribution is 0.138. The van der Waals surface area contributed by atoms with Crippen molar-refractivity contribution < 1.29 is 14.2 Å². The predicted octanol–water partition coefficient (Wildman–Crippen LogP) is 2.26. The Hall–Kier alpha value is -1.26. The minimum absolute atomic E-state index is 0.705. The average molecular weight is 267 g/mol. The van der Waals surface area contributed by atoms with Crippen LogP contribution in [0, 0.1) is 0 Å². The van der Waals surface area contributed by atoms with Crippen LogP contribution in [-0.2, 0) is 11.2 Å². The molecule has 0 aromatic heterocycles. The summed E-state index contributed by atoms with van der Waals surface area (Å²) >= 11 is 0. The molecule has 0 radical (unpaired) electrons. The molecule has 0 atom stereocenters. The maximum Gasteiger partial charge on any atom is 0.125 e. The van der Waals surface area contributed by atoms with Crippen LogP contribution in [0.2, 0.25) is 0 Å². The zero-order chi connectivity index (χ0) is 13.9. The minimum Gasteiger partial charge on any atom is -0.497 e. The Morgan fingerprint density at radius 2 is 1.89 bits per heavy atom. The highest BCUT2D eigenvalue weighted by Crippen LogP contribution is 2.24. The van der Waals surface area contributed by atoms with Crippen molar-refractivity contribution in [2.45, 2.75) is 19.8 Å². The summed E-state index contributed by atoms with van der Waals surface area (Å²) in [5.41, 5.74) is 1.14. The third-order valence-corrected chi connectivity index (χ3v) is 2.86. The lowest BCUT2D eigenvalue weighted by Gasteiger charge is -2.10. The summed E-state index contributed by atoms with van der Waals surface area (Å²) in [6.45, 7) is 5.57. The summed E-state index contributed by atoms with van der Waals surface area (Å²) in [6.07, 6.45) is 2.00. The van der Waals surface area contributed by atoms with Crippen LogP contribution in [0.1, 0.15) is 18.9 Å². The summed E-state index contributed by atoms with van der Waals surface area (Å²) in [4.78, 5) is 0. The molecule has 1 N–H and O–H groups in total. The number of methoxy groups -OCH3 is 2. The molecule has 0 heterocycles. The number of hydrogen-bond acceptors (Lipinski definition) is 4. The molecule has 0 fully saturated rings. The molecule has 19 heavy (non-hydrogen) atoms. The third kappa shape index (κ3) is 5.94. The van der Waals surface area contributed by atoms with Gasteiger partial charge < -0.3 is 19.5 Å². The van der Waals surface area contributed by atoms with Crippen molar-refractivity contribution in [2.24, 2.45) is 0 Å². The van der Waals surface area contributed by atoms with E-state index in [0.29, 0.717) is 6.61 Å². The van der Waals surface area contributed by atoms with Crippen LogP contribution in [0.5, 0.6) is 11.5 Å². The summed E-state index contributed by atoms with van der Waals surface area (Å²) in [5, 5.41) is 3.31. The van der Waals surface area contributed by atoms with Crippen molar-refractivity contribution >= 4 is 0 Å². The number of nitrogens with one attached hydrogen (secondary N) is 1.